The van der Waals surface area contributed by atoms with E-state index in [1.54, 1.807) is 17.7 Å². The molecule has 0 radical (unpaired) electrons. The van der Waals surface area contributed by atoms with Gasteiger partial charge in [0, 0.05) is 22.5 Å². The van der Waals surface area contributed by atoms with E-state index in [4.69, 9.17) is 4.98 Å². The molecule has 7 heteroatoms. The van der Waals surface area contributed by atoms with Crippen molar-refractivity contribution in [1.82, 2.24) is 15.0 Å². The highest BCUT2D eigenvalue weighted by molar-refractivity contribution is 8.00. The number of amides is 1. The molecule has 0 N–H and O–H groups in total. The van der Waals surface area contributed by atoms with Crippen molar-refractivity contribution in [2.45, 2.75) is 31.3 Å². The van der Waals surface area contributed by atoms with E-state index in [1.165, 1.54) is 22.9 Å². The highest BCUT2D eigenvalue weighted by Gasteiger charge is 2.30. The lowest BCUT2D eigenvalue weighted by Crippen LogP contribution is -2.36. The number of aromatic nitrogens is 3. The molecule has 0 saturated carbocycles. The molecule has 0 aliphatic carbocycles. The lowest BCUT2D eigenvalue weighted by molar-refractivity contribution is -0.116. The van der Waals surface area contributed by atoms with E-state index < -0.39 is 0 Å². The number of hydrogen-bond donors (Lipinski definition) is 0. The summed E-state index contributed by atoms with van der Waals surface area (Å²) in [5.41, 5.74) is 5.36. The van der Waals surface area contributed by atoms with Gasteiger partial charge < -0.3 is 4.90 Å². The zero-order valence-electron chi connectivity index (χ0n) is 17.7. The van der Waals surface area contributed by atoms with E-state index >= 15 is 0 Å². The molecule has 2 aromatic carbocycles. The molecular formula is C25H20N4OS2. The third kappa shape index (κ3) is 3.15. The van der Waals surface area contributed by atoms with Gasteiger partial charge in [0.1, 0.15) is 16.2 Å². The predicted octanol–water partition coefficient (Wildman–Crippen LogP) is 5.77. The third-order valence-corrected chi connectivity index (χ3v) is 8.17. The molecule has 5 aromatic rings. The second kappa shape index (κ2) is 7.53. The van der Waals surface area contributed by atoms with Crippen molar-refractivity contribution < 1.29 is 4.79 Å². The molecule has 3 aromatic heterocycles. The molecule has 1 aliphatic heterocycles. The third-order valence-electron chi connectivity index (χ3n) is 5.97. The van der Waals surface area contributed by atoms with Crippen molar-refractivity contribution in [1.29, 1.82) is 0 Å². The van der Waals surface area contributed by atoms with Crippen molar-refractivity contribution >= 4 is 66.0 Å². The lowest BCUT2D eigenvalue weighted by atomic mass is 10.1. The molecule has 32 heavy (non-hydrogen) atoms. The Morgan fingerprint density at radius 2 is 2.06 bits per heavy atom. The number of rotatable bonds is 3. The number of thiophene rings is 1. The topological polar surface area (TPSA) is 59.0 Å². The summed E-state index contributed by atoms with van der Waals surface area (Å²) in [5.74, 6) is 0.452. The largest absolute Gasteiger partial charge is 0.308 e. The number of fused-ring (bicyclic) bond motifs is 5. The first kappa shape index (κ1) is 19.6. The standard InChI is InChI=1S/C25H20N4OS2/c1-14-7-8-16-11-18-22-23(32-24(18)28-19(16)9-14)25(27-13-26-22)31-12-21(30)29-15(2)10-17-5-3-4-6-20(17)29/h3-9,11,13,15H,10,12H2,1-2H3/t15-/m1/s1. The van der Waals surface area contributed by atoms with E-state index in [0.717, 1.165) is 48.5 Å². The van der Waals surface area contributed by atoms with Crippen LogP contribution < -0.4 is 4.90 Å². The zero-order chi connectivity index (χ0) is 21.8. The second-order valence-electron chi connectivity index (χ2n) is 8.23. The van der Waals surface area contributed by atoms with Gasteiger partial charge in [-0.3, -0.25) is 4.79 Å². The van der Waals surface area contributed by atoms with Gasteiger partial charge in [0.25, 0.3) is 0 Å². The zero-order valence-corrected chi connectivity index (χ0v) is 19.3. The summed E-state index contributed by atoms with van der Waals surface area (Å²) in [5, 5.41) is 2.98. The van der Waals surface area contributed by atoms with Gasteiger partial charge in [-0.1, -0.05) is 42.1 Å². The summed E-state index contributed by atoms with van der Waals surface area (Å²) in [6.45, 7) is 4.18. The Balaban J connectivity index is 1.34. The molecule has 1 atom stereocenters. The van der Waals surface area contributed by atoms with Crippen LogP contribution in [0.4, 0.5) is 5.69 Å². The van der Waals surface area contributed by atoms with Crippen LogP contribution in [0.2, 0.25) is 0 Å². The quantitative estimate of drug-likeness (QED) is 0.255. The molecular weight excluding hydrogens is 436 g/mol. The molecule has 4 heterocycles. The van der Waals surface area contributed by atoms with Crippen LogP contribution in [-0.4, -0.2) is 32.7 Å². The van der Waals surface area contributed by atoms with E-state index in [1.807, 2.05) is 23.1 Å². The van der Waals surface area contributed by atoms with E-state index in [-0.39, 0.29) is 11.9 Å². The number of hydrogen-bond acceptors (Lipinski definition) is 6. The van der Waals surface area contributed by atoms with Crippen LogP contribution in [0.3, 0.4) is 0 Å². The van der Waals surface area contributed by atoms with Gasteiger partial charge in [0.05, 0.1) is 21.5 Å². The lowest BCUT2D eigenvalue weighted by Gasteiger charge is -2.22. The van der Waals surface area contributed by atoms with Crippen molar-refractivity contribution in [2.75, 3.05) is 10.7 Å². The van der Waals surface area contributed by atoms with Crippen LogP contribution >= 0.6 is 23.1 Å². The Morgan fingerprint density at radius 1 is 1.19 bits per heavy atom. The SMILES string of the molecule is Cc1ccc2cc3c(nc2c1)sc1c(SCC(=O)N2c4ccccc4C[C@H]2C)ncnc13. The molecule has 0 bridgehead atoms. The Labute approximate surface area is 193 Å². The van der Waals surface area contributed by atoms with Crippen LogP contribution in [0.5, 0.6) is 0 Å². The number of aryl methyl sites for hydroxylation is 1. The molecule has 1 amide bonds. The summed E-state index contributed by atoms with van der Waals surface area (Å²) in [4.78, 5) is 30.0. The fourth-order valence-electron chi connectivity index (χ4n) is 4.49. The Morgan fingerprint density at radius 3 is 2.97 bits per heavy atom. The van der Waals surface area contributed by atoms with Crippen molar-refractivity contribution in [3.05, 3.63) is 66.0 Å². The maximum Gasteiger partial charge on any atom is 0.237 e. The summed E-state index contributed by atoms with van der Waals surface area (Å²) >= 11 is 3.08. The van der Waals surface area contributed by atoms with Gasteiger partial charge >= 0.3 is 0 Å². The number of para-hydroxylation sites is 1. The highest BCUT2D eigenvalue weighted by Crippen LogP contribution is 2.38. The normalized spacial score (nSPS) is 15.7. The molecule has 0 fully saturated rings. The van der Waals surface area contributed by atoms with Crippen LogP contribution in [0.15, 0.2) is 59.9 Å². The first-order chi connectivity index (χ1) is 15.6. The first-order valence-corrected chi connectivity index (χ1v) is 12.4. The Kier molecular flexibility index (Phi) is 4.62. The maximum absolute atomic E-state index is 13.1. The van der Waals surface area contributed by atoms with Crippen LogP contribution in [-0.2, 0) is 11.2 Å². The molecule has 0 saturated heterocycles. The van der Waals surface area contributed by atoms with Gasteiger partial charge in [0.2, 0.25) is 5.91 Å². The summed E-state index contributed by atoms with van der Waals surface area (Å²) in [6, 6.07) is 16.8. The number of anilines is 1. The minimum Gasteiger partial charge on any atom is -0.308 e. The molecule has 0 spiro atoms. The number of thioether (sulfide) groups is 1. The fourth-order valence-corrected chi connectivity index (χ4v) is 6.55. The van der Waals surface area contributed by atoms with Crippen molar-refractivity contribution in [3.8, 4) is 0 Å². The smallest absolute Gasteiger partial charge is 0.237 e. The molecule has 0 unspecified atom stereocenters. The van der Waals surface area contributed by atoms with Crippen molar-refractivity contribution in [3.63, 3.8) is 0 Å². The number of carbonyl (C=O) groups is 1. The van der Waals surface area contributed by atoms with Gasteiger partial charge in [-0.05, 0) is 49.6 Å². The average molecular weight is 457 g/mol. The second-order valence-corrected chi connectivity index (χ2v) is 10.2. The molecule has 5 nitrogen and oxygen atoms in total. The number of benzene rings is 2. The van der Waals surface area contributed by atoms with E-state index in [9.17, 15) is 4.79 Å². The summed E-state index contributed by atoms with van der Waals surface area (Å²) in [7, 11) is 0. The molecule has 158 valence electrons. The highest BCUT2D eigenvalue weighted by atomic mass is 32.2. The first-order valence-electron chi connectivity index (χ1n) is 10.6. The van der Waals surface area contributed by atoms with Gasteiger partial charge in [-0.2, -0.15) is 0 Å². The minimum atomic E-state index is 0.111. The number of carbonyl (C=O) groups excluding carboxylic acids is 1. The van der Waals surface area contributed by atoms with Gasteiger partial charge in [-0.15, -0.1) is 11.3 Å². The van der Waals surface area contributed by atoms with Crippen LogP contribution in [0, 0.1) is 6.92 Å². The van der Waals surface area contributed by atoms with Gasteiger partial charge in [-0.25, -0.2) is 15.0 Å². The fraction of sp³-hybridized carbons (Fsp3) is 0.200. The number of pyridine rings is 1. The summed E-state index contributed by atoms with van der Waals surface area (Å²) < 4.78 is 0.995. The Bertz CT molecular complexity index is 1530. The van der Waals surface area contributed by atoms with E-state index in [2.05, 4.69) is 54.1 Å². The monoisotopic (exact) mass is 456 g/mol. The average Bonchev–Trinajstić information content (AvgIpc) is 3.32. The van der Waals surface area contributed by atoms with E-state index in [0.29, 0.717) is 5.75 Å². The maximum atomic E-state index is 13.1. The van der Waals surface area contributed by atoms with Crippen LogP contribution in [0.1, 0.15) is 18.1 Å². The number of nitrogens with zero attached hydrogens (tertiary/aromatic N) is 4. The predicted molar refractivity (Wildman–Crippen MR) is 133 cm³/mol. The molecule has 6 rings (SSSR count). The van der Waals surface area contributed by atoms with Crippen LogP contribution in [0.25, 0.3) is 31.3 Å². The molecule has 1 aliphatic rings. The Hall–Kier alpha value is -3.03. The van der Waals surface area contributed by atoms with Gasteiger partial charge in [0.15, 0.2) is 0 Å². The van der Waals surface area contributed by atoms with Crippen molar-refractivity contribution in [2.24, 2.45) is 0 Å². The summed E-state index contributed by atoms with van der Waals surface area (Å²) in [6.07, 6.45) is 2.49. The minimum absolute atomic E-state index is 0.111.